The molecule has 1 N–H and O–H groups in total. The molecule has 1 saturated carbocycles. The number of hydrogen-bond acceptors (Lipinski definition) is 5. The topological polar surface area (TPSA) is 99.3 Å². The van der Waals surface area contributed by atoms with Crippen LogP contribution in [0.2, 0.25) is 0 Å². The van der Waals surface area contributed by atoms with Gasteiger partial charge in [-0.3, -0.25) is 14.9 Å². The Bertz CT molecular complexity index is 786. The molecule has 0 radical (unpaired) electrons. The minimum Gasteiger partial charge on any atom is -0.464 e. The number of nitro benzene ring substituents is 1. The van der Waals surface area contributed by atoms with Crippen LogP contribution >= 0.6 is 0 Å². The van der Waals surface area contributed by atoms with E-state index in [1.54, 1.807) is 0 Å². The van der Waals surface area contributed by atoms with Crippen LogP contribution in [-0.2, 0) is 6.73 Å². The van der Waals surface area contributed by atoms with Crippen molar-refractivity contribution < 1.29 is 18.8 Å². The van der Waals surface area contributed by atoms with Crippen molar-refractivity contribution in [3.63, 3.8) is 0 Å². The van der Waals surface area contributed by atoms with E-state index in [-0.39, 0.29) is 35.8 Å². The van der Waals surface area contributed by atoms with E-state index in [2.05, 4.69) is 10.4 Å². The van der Waals surface area contributed by atoms with Crippen LogP contribution in [0.5, 0.6) is 5.75 Å². The second-order valence-corrected chi connectivity index (χ2v) is 5.84. The first kappa shape index (κ1) is 16.9. The summed E-state index contributed by atoms with van der Waals surface area (Å²) in [5, 5.41) is 17.9. The molecule has 2 aromatic rings. The highest BCUT2D eigenvalue weighted by molar-refractivity contribution is 5.92. The van der Waals surface area contributed by atoms with Gasteiger partial charge in [-0.1, -0.05) is 12.8 Å². The first-order valence-corrected chi connectivity index (χ1v) is 7.94. The van der Waals surface area contributed by atoms with E-state index in [4.69, 9.17) is 4.74 Å². The standard InChI is InChI=1S/C16H17FN4O4/c17-11-5-6-14(21(23)24)15(9-11)25-10-20-8-7-13(19-20)16(22)18-12-3-1-2-4-12/h5-9,12H,1-4,10H2,(H,18,22). The smallest absolute Gasteiger partial charge is 0.311 e. The number of aromatic nitrogens is 2. The Kier molecular flexibility index (Phi) is 4.92. The third-order valence-electron chi connectivity index (χ3n) is 4.03. The van der Waals surface area contributed by atoms with Crippen LogP contribution in [0.25, 0.3) is 0 Å². The minimum atomic E-state index is -0.654. The highest BCUT2D eigenvalue weighted by atomic mass is 19.1. The zero-order valence-corrected chi connectivity index (χ0v) is 13.4. The van der Waals surface area contributed by atoms with Crippen molar-refractivity contribution in [1.82, 2.24) is 15.1 Å². The van der Waals surface area contributed by atoms with Crippen LogP contribution in [0.1, 0.15) is 36.2 Å². The molecule has 8 nitrogen and oxygen atoms in total. The number of rotatable bonds is 6. The predicted octanol–water partition coefficient (Wildman–Crippen LogP) is 2.64. The van der Waals surface area contributed by atoms with Gasteiger partial charge in [-0.05, 0) is 25.0 Å². The lowest BCUT2D eigenvalue weighted by molar-refractivity contribution is -0.386. The van der Waals surface area contributed by atoms with Gasteiger partial charge in [-0.25, -0.2) is 9.07 Å². The van der Waals surface area contributed by atoms with Gasteiger partial charge in [0.25, 0.3) is 5.91 Å². The van der Waals surface area contributed by atoms with Crippen LogP contribution in [0.15, 0.2) is 30.5 Å². The Morgan fingerprint density at radius 2 is 2.16 bits per heavy atom. The molecule has 9 heteroatoms. The van der Waals surface area contributed by atoms with E-state index in [1.165, 1.54) is 16.9 Å². The molecule has 25 heavy (non-hydrogen) atoms. The molecule has 1 aromatic carbocycles. The number of nitro groups is 1. The summed E-state index contributed by atoms with van der Waals surface area (Å²) in [6.45, 7) is -0.180. The molecule has 1 amide bonds. The normalized spacial score (nSPS) is 14.4. The summed E-state index contributed by atoms with van der Waals surface area (Å²) in [7, 11) is 0. The van der Waals surface area contributed by atoms with Gasteiger partial charge >= 0.3 is 5.69 Å². The summed E-state index contributed by atoms with van der Waals surface area (Å²) in [5.41, 5.74) is -0.100. The van der Waals surface area contributed by atoms with Gasteiger partial charge in [-0.15, -0.1) is 0 Å². The van der Waals surface area contributed by atoms with Gasteiger partial charge < -0.3 is 10.1 Å². The zero-order chi connectivity index (χ0) is 17.8. The summed E-state index contributed by atoms with van der Waals surface area (Å²) in [5.74, 6) is -1.10. The van der Waals surface area contributed by atoms with E-state index < -0.39 is 10.7 Å². The average molecular weight is 348 g/mol. The van der Waals surface area contributed by atoms with Gasteiger partial charge in [0, 0.05) is 24.4 Å². The van der Waals surface area contributed by atoms with Crippen LogP contribution in [0.3, 0.4) is 0 Å². The van der Waals surface area contributed by atoms with Gasteiger partial charge in [0.2, 0.25) is 5.75 Å². The van der Waals surface area contributed by atoms with Crippen LogP contribution in [0.4, 0.5) is 10.1 Å². The first-order chi connectivity index (χ1) is 12.0. The number of halogens is 1. The molecular formula is C16H17FN4O4. The summed E-state index contributed by atoms with van der Waals surface area (Å²) < 4.78 is 19.9. The highest BCUT2D eigenvalue weighted by Crippen LogP contribution is 2.27. The first-order valence-electron chi connectivity index (χ1n) is 7.94. The molecule has 0 atom stereocenters. The van der Waals surface area contributed by atoms with Crippen molar-refractivity contribution in [2.75, 3.05) is 0 Å². The quantitative estimate of drug-likeness (QED) is 0.639. The van der Waals surface area contributed by atoms with Gasteiger partial charge in [0.15, 0.2) is 6.73 Å². The van der Waals surface area contributed by atoms with Crippen molar-refractivity contribution in [2.24, 2.45) is 0 Å². The largest absolute Gasteiger partial charge is 0.464 e. The van der Waals surface area contributed by atoms with E-state index >= 15 is 0 Å². The molecule has 1 aliphatic carbocycles. The highest BCUT2D eigenvalue weighted by Gasteiger charge is 2.20. The lowest BCUT2D eigenvalue weighted by Crippen LogP contribution is -2.32. The van der Waals surface area contributed by atoms with Crippen molar-refractivity contribution in [1.29, 1.82) is 0 Å². The summed E-state index contributed by atoms with van der Waals surface area (Å²) >= 11 is 0. The minimum absolute atomic E-state index is 0.180. The average Bonchev–Trinajstić information content (AvgIpc) is 3.24. The molecule has 1 fully saturated rings. The molecule has 1 heterocycles. The fourth-order valence-electron chi connectivity index (χ4n) is 2.77. The molecule has 0 unspecified atom stereocenters. The third-order valence-corrected chi connectivity index (χ3v) is 4.03. The van der Waals surface area contributed by atoms with Crippen molar-refractivity contribution in [2.45, 2.75) is 38.5 Å². The summed E-state index contributed by atoms with van der Waals surface area (Å²) in [6.07, 6.45) is 5.69. The SMILES string of the molecule is O=C(NC1CCCC1)c1ccn(COc2cc(F)ccc2[N+](=O)[O-])n1. The fourth-order valence-corrected chi connectivity index (χ4v) is 2.77. The van der Waals surface area contributed by atoms with Crippen LogP contribution < -0.4 is 10.1 Å². The number of ether oxygens (including phenoxy) is 1. The number of carbonyl (C=O) groups is 1. The fraction of sp³-hybridized carbons (Fsp3) is 0.375. The van der Waals surface area contributed by atoms with Gasteiger partial charge in [0.1, 0.15) is 11.5 Å². The molecule has 3 rings (SSSR count). The molecule has 1 aromatic heterocycles. The van der Waals surface area contributed by atoms with Gasteiger partial charge in [-0.2, -0.15) is 5.10 Å². The second kappa shape index (κ2) is 7.29. The molecule has 0 aliphatic heterocycles. The number of hydrogen-bond donors (Lipinski definition) is 1. The summed E-state index contributed by atoms with van der Waals surface area (Å²) in [4.78, 5) is 22.4. The van der Waals surface area contributed by atoms with Crippen molar-refractivity contribution in [3.05, 3.63) is 52.1 Å². The Hall–Kier alpha value is -2.97. The van der Waals surface area contributed by atoms with Gasteiger partial charge in [0.05, 0.1) is 4.92 Å². The van der Waals surface area contributed by atoms with Crippen LogP contribution in [0, 0.1) is 15.9 Å². The number of amides is 1. The monoisotopic (exact) mass is 348 g/mol. The Labute approximate surface area is 142 Å². The maximum Gasteiger partial charge on any atom is 0.311 e. The lowest BCUT2D eigenvalue weighted by atomic mass is 10.2. The Balaban J connectivity index is 1.63. The molecule has 132 valence electrons. The molecule has 0 spiro atoms. The molecule has 0 bridgehead atoms. The van der Waals surface area contributed by atoms with E-state index in [1.807, 2.05) is 0 Å². The third kappa shape index (κ3) is 4.11. The van der Waals surface area contributed by atoms with Crippen molar-refractivity contribution >= 4 is 11.6 Å². The molecular weight excluding hydrogens is 331 g/mol. The van der Waals surface area contributed by atoms with E-state index in [0.717, 1.165) is 43.9 Å². The molecule has 1 aliphatic rings. The van der Waals surface area contributed by atoms with Crippen molar-refractivity contribution in [3.8, 4) is 5.75 Å². The zero-order valence-electron chi connectivity index (χ0n) is 13.4. The number of nitrogens with one attached hydrogen (secondary N) is 1. The van der Waals surface area contributed by atoms with E-state index in [0.29, 0.717) is 0 Å². The summed E-state index contributed by atoms with van der Waals surface area (Å²) in [6, 6.07) is 4.69. The van der Waals surface area contributed by atoms with E-state index in [9.17, 15) is 19.3 Å². The maximum absolute atomic E-state index is 13.3. The Morgan fingerprint density at radius 3 is 2.88 bits per heavy atom. The maximum atomic E-state index is 13.3. The number of nitrogens with zero attached hydrogens (tertiary/aromatic N) is 3. The molecule has 0 saturated heterocycles. The lowest BCUT2D eigenvalue weighted by Gasteiger charge is -2.10. The van der Waals surface area contributed by atoms with Crippen LogP contribution in [-0.4, -0.2) is 26.7 Å². The number of benzene rings is 1. The second-order valence-electron chi connectivity index (χ2n) is 5.84. The predicted molar refractivity (Wildman–Crippen MR) is 85.6 cm³/mol. The Morgan fingerprint density at radius 1 is 1.40 bits per heavy atom. The number of carbonyl (C=O) groups excluding carboxylic acids is 1.